The Morgan fingerprint density at radius 2 is 1.95 bits per heavy atom. The lowest BCUT2D eigenvalue weighted by molar-refractivity contribution is 0.110. The molecule has 1 saturated heterocycles. The molecule has 2 aliphatic heterocycles. The number of benzene rings is 1. The Bertz CT molecular complexity index is 463. The second-order valence-electron chi connectivity index (χ2n) is 4.71. The average Bonchev–Trinajstić information content (AvgIpc) is 2.88. The molecule has 5 nitrogen and oxygen atoms in total. The predicted octanol–water partition coefficient (Wildman–Crippen LogP) is 1.12. The zero-order valence-electron chi connectivity index (χ0n) is 10.6. The van der Waals surface area contributed by atoms with Gasteiger partial charge in [0, 0.05) is 30.7 Å². The first kappa shape index (κ1) is 13.2. The van der Waals surface area contributed by atoms with Gasteiger partial charge in [-0.25, -0.2) is 0 Å². The molecule has 104 valence electrons. The van der Waals surface area contributed by atoms with Crippen molar-refractivity contribution in [3.63, 3.8) is 0 Å². The number of aliphatic hydroxyl groups excluding tert-OH is 1. The molecular formula is C13H17BrN2O3. The summed E-state index contributed by atoms with van der Waals surface area (Å²) in [5.41, 5.74) is 1.05. The lowest BCUT2D eigenvalue weighted by Crippen LogP contribution is -2.46. The van der Waals surface area contributed by atoms with Crippen LogP contribution in [0.5, 0.6) is 11.5 Å². The summed E-state index contributed by atoms with van der Waals surface area (Å²) in [5, 5.41) is 13.1. The van der Waals surface area contributed by atoms with E-state index in [1.165, 1.54) is 0 Å². The topological polar surface area (TPSA) is 54.0 Å². The highest BCUT2D eigenvalue weighted by atomic mass is 79.9. The fourth-order valence-electron chi connectivity index (χ4n) is 2.59. The first-order valence-corrected chi connectivity index (χ1v) is 7.23. The molecule has 3 rings (SSSR count). The highest BCUT2D eigenvalue weighted by Gasteiger charge is 2.26. The number of hydrogen-bond acceptors (Lipinski definition) is 5. The maximum Gasteiger partial charge on any atom is 0.231 e. The van der Waals surface area contributed by atoms with Gasteiger partial charge in [-0.3, -0.25) is 4.90 Å². The van der Waals surface area contributed by atoms with E-state index in [-0.39, 0.29) is 19.4 Å². The van der Waals surface area contributed by atoms with E-state index < -0.39 is 0 Å². The van der Waals surface area contributed by atoms with E-state index in [9.17, 15) is 5.11 Å². The standard InChI is InChI=1S/C13H17BrN2O3/c14-10-6-13-12(18-8-19-13)5-9(10)11(7-17)16-3-1-15-2-4-16/h5-6,11,15,17H,1-4,7-8H2/t11-/m0/s1. The molecular weight excluding hydrogens is 312 g/mol. The molecule has 0 aromatic heterocycles. The third kappa shape index (κ3) is 2.58. The summed E-state index contributed by atoms with van der Waals surface area (Å²) in [5.74, 6) is 1.51. The van der Waals surface area contributed by atoms with Crippen LogP contribution in [0.4, 0.5) is 0 Å². The molecule has 6 heteroatoms. The number of halogens is 1. The number of piperazine rings is 1. The number of rotatable bonds is 3. The molecule has 0 radical (unpaired) electrons. The van der Waals surface area contributed by atoms with Gasteiger partial charge in [-0.2, -0.15) is 0 Å². The Morgan fingerprint density at radius 1 is 1.26 bits per heavy atom. The van der Waals surface area contributed by atoms with E-state index in [0.29, 0.717) is 0 Å². The molecule has 0 aliphatic carbocycles. The van der Waals surface area contributed by atoms with Gasteiger partial charge in [0.2, 0.25) is 6.79 Å². The van der Waals surface area contributed by atoms with Crippen molar-refractivity contribution >= 4 is 15.9 Å². The van der Waals surface area contributed by atoms with E-state index in [4.69, 9.17) is 9.47 Å². The maximum atomic E-state index is 9.75. The molecule has 0 bridgehead atoms. The Labute approximate surface area is 120 Å². The van der Waals surface area contributed by atoms with Crippen LogP contribution >= 0.6 is 15.9 Å². The third-order valence-corrected chi connectivity index (χ3v) is 4.30. The van der Waals surface area contributed by atoms with Gasteiger partial charge >= 0.3 is 0 Å². The van der Waals surface area contributed by atoms with Gasteiger partial charge in [-0.15, -0.1) is 0 Å². The van der Waals surface area contributed by atoms with E-state index in [1.54, 1.807) is 0 Å². The fraction of sp³-hybridized carbons (Fsp3) is 0.538. The molecule has 0 saturated carbocycles. The van der Waals surface area contributed by atoms with Crippen LogP contribution in [0.2, 0.25) is 0 Å². The van der Waals surface area contributed by atoms with Crippen LogP contribution in [0.3, 0.4) is 0 Å². The molecule has 0 spiro atoms. The average molecular weight is 329 g/mol. The fourth-order valence-corrected chi connectivity index (χ4v) is 3.18. The highest BCUT2D eigenvalue weighted by Crippen LogP contribution is 2.40. The molecule has 0 amide bonds. The predicted molar refractivity (Wildman–Crippen MR) is 74.5 cm³/mol. The summed E-state index contributed by atoms with van der Waals surface area (Å²) in [4.78, 5) is 2.29. The Balaban J connectivity index is 1.90. The molecule has 2 heterocycles. The monoisotopic (exact) mass is 328 g/mol. The van der Waals surface area contributed by atoms with Crippen molar-refractivity contribution in [3.8, 4) is 11.5 Å². The van der Waals surface area contributed by atoms with Gasteiger partial charge in [0.05, 0.1) is 12.6 Å². The van der Waals surface area contributed by atoms with Crippen LogP contribution in [-0.4, -0.2) is 49.6 Å². The lowest BCUT2D eigenvalue weighted by Gasteiger charge is -2.34. The van der Waals surface area contributed by atoms with Crippen molar-refractivity contribution in [3.05, 3.63) is 22.2 Å². The minimum atomic E-state index is -0.00836. The summed E-state index contributed by atoms with van der Waals surface area (Å²) in [6.45, 7) is 4.15. The van der Waals surface area contributed by atoms with Crippen LogP contribution in [0.1, 0.15) is 11.6 Å². The number of nitrogens with zero attached hydrogens (tertiary/aromatic N) is 1. The summed E-state index contributed by atoms with van der Waals surface area (Å²) in [6.07, 6.45) is 0. The van der Waals surface area contributed by atoms with Gasteiger partial charge in [0.1, 0.15) is 0 Å². The van der Waals surface area contributed by atoms with Gasteiger partial charge in [0.25, 0.3) is 0 Å². The van der Waals surface area contributed by atoms with Crippen LogP contribution in [0, 0.1) is 0 Å². The van der Waals surface area contributed by atoms with E-state index >= 15 is 0 Å². The molecule has 0 unspecified atom stereocenters. The van der Waals surface area contributed by atoms with Crippen LogP contribution in [-0.2, 0) is 0 Å². The number of aliphatic hydroxyl groups is 1. The summed E-state index contributed by atoms with van der Waals surface area (Å²) < 4.78 is 11.7. The largest absolute Gasteiger partial charge is 0.454 e. The number of nitrogens with one attached hydrogen (secondary N) is 1. The van der Waals surface area contributed by atoms with Crippen LogP contribution in [0.15, 0.2) is 16.6 Å². The van der Waals surface area contributed by atoms with Crippen molar-refractivity contribution in [1.82, 2.24) is 10.2 Å². The minimum absolute atomic E-state index is 0.00836. The summed E-state index contributed by atoms with van der Waals surface area (Å²) in [6, 6.07) is 3.88. The SMILES string of the molecule is OC[C@@H](c1cc2c(cc1Br)OCO2)N1CCNCC1. The smallest absolute Gasteiger partial charge is 0.231 e. The van der Waals surface area contributed by atoms with Crippen molar-refractivity contribution in [1.29, 1.82) is 0 Å². The summed E-state index contributed by atoms with van der Waals surface area (Å²) >= 11 is 3.57. The van der Waals surface area contributed by atoms with Crippen molar-refractivity contribution < 1.29 is 14.6 Å². The zero-order chi connectivity index (χ0) is 13.2. The second kappa shape index (κ2) is 5.66. The first-order chi connectivity index (χ1) is 9.29. The van der Waals surface area contributed by atoms with Gasteiger partial charge < -0.3 is 19.9 Å². The minimum Gasteiger partial charge on any atom is -0.454 e. The first-order valence-electron chi connectivity index (χ1n) is 6.44. The summed E-state index contributed by atoms with van der Waals surface area (Å²) in [7, 11) is 0. The van der Waals surface area contributed by atoms with Crippen molar-refractivity contribution in [2.24, 2.45) is 0 Å². The van der Waals surface area contributed by atoms with E-state index in [0.717, 1.165) is 47.7 Å². The van der Waals surface area contributed by atoms with Crippen molar-refractivity contribution in [2.75, 3.05) is 39.6 Å². The van der Waals surface area contributed by atoms with E-state index in [2.05, 4.69) is 26.1 Å². The highest BCUT2D eigenvalue weighted by molar-refractivity contribution is 9.10. The number of ether oxygens (including phenoxy) is 2. The molecule has 1 aromatic rings. The Kier molecular flexibility index (Phi) is 3.93. The third-order valence-electron chi connectivity index (χ3n) is 3.62. The molecule has 1 fully saturated rings. The maximum absolute atomic E-state index is 9.75. The zero-order valence-corrected chi connectivity index (χ0v) is 12.1. The quantitative estimate of drug-likeness (QED) is 0.870. The molecule has 2 N–H and O–H groups in total. The van der Waals surface area contributed by atoms with Gasteiger partial charge in [0.15, 0.2) is 11.5 Å². The lowest BCUT2D eigenvalue weighted by atomic mass is 10.0. The second-order valence-corrected chi connectivity index (χ2v) is 5.57. The van der Waals surface area contributed by atoms with Crippen molar-refractivity contribution in [2.45, 2.75) is 6.04 Å². The Hall–Kier alpha value is -0.820. The van der Waals surface area contributed by atoms with Gasteiger partial charge in [-0.05, 0) is 17.7 Å². The van der Waals surface area contributed by atoms with E-state index in [1.807, 2.05) is 12.1 Å². The Morgan fingerprint density at radius 3 is 2.63 bits per heavy atom. The molecule has 2 aliphatic rings. The van der Waals surface area contributed by atoms with Crippen LogP contribution in [0.25, 0.3) is 0 Å². The van der Waals surface area contributed by atoms with Crippen LogP contribution < -0.4 is 14.8 Å². The normalized spacial score (nSPS) is 20.5. The molecule has 19 heavy (non-hydrogen) atoms. The molecule has 1 aromatic carbocycles. The number of fused-ring (bicyclic) bond motifs is 1. The van der Waals surface area contributed by atoms with Gasteiger partial charge in [-0.1, -0.05) is 15.9 Å². The number of hydrogen-bond donors (Lipinski definition) is 2. The molecule has 1 atom stereocenters.